The second-order valence-corrected chi connectivity index (χ2v) is 5.37. The van der Waals surface area contributed by atoms with Crippen LogP contribution in [0.2, 0.25) is 0 Å². The molecule has 0 saturated carbocycles. The molecule has 0 bridgehead atoms. The van der Waals surface area contributed by atoms with E-state index in [9.17, 15) is 8.42 Å². The van der Waals surface area contributed by atoms with E-state index in [1.165, 1.54) is 31.6 Å². The third-order valence-electron chi connectivity index (χ3n) is 2.41. The van der Waals surface area contributed by atoms with Crippen LogP contribution < -0.4 is 9.46 Å². The summed E-state index contributed by atoms with van der Waals surface area (Å²) in [6, 6.07) is 4.35. The molecule has 2 rings (SSSR count). The number of rotatable bonds is 5. The number of aliphatic hydroxyl groups excluding tert-OH is 1. The van der Waals surface area contributed by atoms with Gasteiger partial charge in [0.05, 0.1) is 26.1 Å². The molecular formula is C11H12N4O4S. The van der Waals surface area contributed by atoms with Gasteiger partial charge in [-0.25, -0.2) is 18.1 Å². The minimum Gasteiger partial charge on any atom is -0.495 e. The molecule has 0 aliphatic carbocycles. The molecule has 1 aromatic carbocycles. The molecule has 1 aromatic heterocycles. The van der Waals surface area contributed by atoms with E-state index in [0.29, 0.717) is 5.56 Å². The summed E-state index contributed by atoms with van der Waals surface area (Å²) in [5.41, 5.74) is 0.443. The van der Waals surface area contributed by atoms with Gasteiger partial charge in [-0.05, 0) is 17.7 Å². The molecule has 0 unspecified atom stereocenters. The number of ether oxygens (including phenoxy) is 1. The van der Waals surface area contributed by atoms with Crippen molar-refractivity contribution in [2.75, 3.05) is 11.8 Å². The lowest BCUT2D eigenvalue weighted by molar-refractivity contribution is 0.281. The van der Waals surface area contributed by atoms with E-state index >= 15 is 0 Å². The predicted molar refractivity (Wildman–Crippen MR) is 69.6 cm³/mol. The van der Waals surface area contributed by atoms with E-state index in [4.69, 9.17) is 9.84 Å². The molecule has 0 amide bonds. The van der Waals surface area contributed by atoms with Gasteiger partial charge in [0.25, 0.3) is 16.0 Å². The van der Waals surface area contributed by atoms with E-state index in [1.54, 1.807) is 6.07 Å². The highest BCUT2D eigenvalue weighted by Gasteiger charge is 2.21. The first-order valence-electron chi connectivity index (χ1n) is 5.51. The molecule has 8 nitrogen and oxygen atoms in total. The largest absolute Gasteiger partial charge is 0.495 e. The van der Waals surface area contributed by atoms with E-state index in [0.717, 1.165) is 0 Å². The Kier molecular flexibility index (Phi) is 4.11. The Hall–Kier alpha value is -2.26. The van der Waals surface area contributed by atoms with Gasteiger partial charge in [-0.3, -0.25) is 0 Å². The fraction of sp³-hybridized carbons (Fsp3) is 0.182. The molecule has 0 atom stereocenters. The van der Waals surface area contributed by atoms with Gasteiger partial charge in [-0.15, -0.1) is 5.10 Å². The molecule has 1 heterocycles. The van der Waals surface area contributed by atoms with Crippen LogP contribution in [0.4, 0.5) is 5.95 Å². The predicted octanol–water partition coefficient (Wildman–Crippen LogP) is 0.173. The number of hydrogen-bond donors (Lipinski definition) is 2. The fourth-order valence-electron chi connectivity index (χ4n) is 1.50. The van der Waals surface area contributed by atoms with Gasteiger partial charge >= 0.3 is 0 Å². The van der Waals surface area contributed by atoms with Crippen molar-refractivity contribution >= 4 is 16.0 Å². The maximum absolute atomic E-state index is 12.3. The topological polar surface area (TPSA) is 114 Å². The lowest BCUT2D eigenvalue weighted by Crippen LogP contribution is -2.16. The lowest BCUT2D eigenvalue weighted by Gasteiger charge is -2.11. The Labute approximate surface area is 115 Å². The van der Waals surface area contributed by atoms with E-state index in [1.807, 2.05) is 0 Å². The molecule has 106 valence electrons. The quantitative estimate of drug-likeness (QED) is 0.808. The Bertz CT molecular complexity index is 691. The van der Waals surface area contributed by atoms with Crippen LogP contribution in [0.1, 0.15) is 5.56 Å². The van der Waals surface area contributed by atoms with Crippen molar-refractivity contribution in [3.8, 4) is 5.75 Å². The zero-order chi connectivity index (χ0) is 14.6. The number of aliphatic hydroxyl groups is 1. The fourth-order valence-corrected chi connectivity index (χ4v) is 2.67. The molecule has 0 aliphatic heterocycles. The third-order valence-corrected chi connectivity index (χ3v) is 3.76. The van der Waals surface area contributed by atoms with Crippen molar-refractivity contribution in [3.63, 3.8) is 0 Å². The smallest absolute Gasteiger partial charge is 0.267 e. The van der Waals surface area contributed by atoms with Gasteiger partial charge in [0.2, 0.25) is 0 Å². The van der Waals surface area contributed by atoms with Crippen LogP contribution >= 0.6 is 0 Å². The third kappa shape index (κ3) is 3.00. The first-order valence-corrected chi connectivity index (χ1v) is 6.99. The van der Waals surface area contributed by atoms with Gasteiger partial charge in [0.15, 0.2) is 0 Å². The highest BCUT2D eigenvalue weighted by molar-refractivity contribution is 7.92. The number of anilines is 1. The molecule has 9 heteroatoms. The summed E-state index contributed by atoms with van der Waals surface area (Å²) in [5, 5.41) is 16.2. The summed E-state index contributed by atoms with van der Waals surface area (Å²) >= 11 is 0. The van der Waals surface area contributed by atoms with Crippen LogP contribution in [-0.4, -0.2) is 35.8 Å². The van der Waals surface area contributed by atoms with Gasteiger partial charge in [0.1, 0.15) is 10.6 Å². The summed E-state index contributed by atoms with van der Waals surface area (Å²) in [7, 11) is -2.59. The normalized spacial score (nSPS) is 11.1. The Balaban J connectivity index is 2.43. The average Bonchev–Trinajstić information content (AvgIpc) is 2.47. The van der Waals surface area contributed by atoms with Crippen LogP contribution in [-0.2, 0) is 16.6 Å². The number of methoxy groups -OCH3 is 1. The Morgan fingerprint density at radius 1 is 1.35 bits per heavy atom. The maximum Gasteiger partial charge on any atom is 0.267 e. The summed E-state index contributed by atoms with van der Waals surface area (Å²) in [6.45, 7) is -0.282. The highest BCUT2D eigenvalue weighted by atomic mass is 32.2. The maximum atomic E-state index is 12.3. The van der Waals surface area contributed by atoms with Crippen LogP contribution in [0.3, 0.4) is 0 Å². The van der Waals surface area contributed by atoms with E-state index in [-0.39, 0.29) is 23.2 Å². The van der Waals surface area contributed by atoms with Crippen molar-refractivity contribution in [2.45, 2.75) is 11.5 Å². The SMILES string of the molecule is COc1ccc(CO)cc1S(=O)(=O)Nc1nccnn1. The standard InChI is InChI=1S/C11H12N4O4S/c1-19-9-3-2-8(7-16)6-10(9)20(17,18)15-11-12-4-5-13-14-11/h2-6,16H,7H2,1H3,(H,12,14,15). The lowest BCUT2D eigenvalue weighted by atomic mass is 10.2. The second kappa shape index (κ2) is 5.80. The van der Waals surface area contributed by atoms with Crippen molar-refractivity contribution in [2.24, 2.45) is 0 Å². The Morgan fingerprint density at radius 3 is 2.75 bits per heavy atom. The van der Waals surface area contributed by atoms with Gasteiger partial charge in [-0.2, -0.15) is 5.10 Å². The van der Waals surface area contributed by atoms with Crippen molar-refractivity contribution < 1.29 is 18.3 Å². The number of benzene rings is 1. The Morgan fingerprint density at radius 2 is 2.15 bits per heavy atom. The van der Waals surface area contributed by atoms with Gasteiger partial charge < -0.3 is 9.84 Å². The molecule has 0 spiro atoms. The van der Waals surface area contributed by atoms with Crippen molar-refractivity contribution in [1.29, 1.82) is 0 Å². The monoisotopic (exact) mass is 296 g/mol. The number of nitrogens with one attached hydrogen (secondary N) is 1. The number of hydrogen-bond acceptors (Lipinski definition) is 7. The number of nitrogens with zero attached hydrogens (tertiary/aromatic N) is 3. The molecule has 2 aromatic rings. The van der Waals surface area contributed by atoms with E-state index < -0.39 is 10.0 Å². The summed E-state index contributed by atoms with van der Waals surface area (Å²) in [6.07, 6.45) is 2.64. The molecule has 20 heavy (non-hydrogen) atoms. The van der Waals surface area contributed by atoms with Crippen molar-refractivity contribution in [3.05, 3.63) is 36.2 Å². The molecule has 0 radical (unpaired) electrons. The zero-order valence-electron chi connectivity index (χ0n) is 10.5. The first kappa shape index (κ1) is 14.2. The molecular weight excluding hydrogens is 284 g/mol. The van der Waals surface area contributed by atoms with Crippen LogP contribution in [0.25, 0.3) is 0 Å². The van der Waals surface area contributed by atoms with Crippen LogP contribution in [0.15, 0.2) is 35.5 Å². The molecule has 0 fully saturated rings. The molecule has 0 aliphatic rings. The van der Waals surface area contributed by atoms with Gasteiger partial charge in [0, 0.05) is 0 Å². The number of aromatic nitrogens is 3. The van der Waals surface area contributed by atoms with Crippen LogP contribution in [0, 0.1) is 0 Å². The van der Waals surface area contributed by atoms with E-state index in [2.05, 4.69) is 19.9 Å². The van der Waals surface area contributed by atoms with Crippen molar-refractivity contribution in [1.82, 2.24) is 15.2 Å². The van der Waals surface area contributed by atoms with Crippen LogP contribution in [0.5, 0.6) is 5.75 Å². The van der Waals surface area contributed by atoms with Gasteiger partial charge in [-0.1, -0.05) is 6.07 Å². The average molecular weight is 296 g/mol. The highest BCUT2D eigenvalue weighted by Crippen LogP contribution is 2.26. The molecule has 2 N–H and O–H groups in total. The molecule has 0 saturated heterocycles. The summed E-state index contributed by atoms with van der Waals surface area (Å²) < 4.78 is 31.7. The first-order chi connectivity index (χ1) is 9.56. The summed E-state index contributed by atoms with van der Waals surface area (Å²) in [5.74, 6) is 0.00236. The number of sulfonamides is 1. The minimum absolute atomic E-state index is 0.112. The second-order valence-electron chi connectivity index (χ2n) is 3.72. The summed E-state index contributed by atoms with van der Waals surface area (Å²) in [4.78, 5) is 3.62. The minimum atomic E-state index is -3.94. The zero-order valence-corrected chi connectivity index (χ0v) is 11.3.